The van der Waals surface area contributed by atoms with E-state index in [1.54, 1.807) is 7.11 Å². The summed E-state index contributed by atoms with van der Waals surface area (Å²) in [6.07, 6.45) is 3.46. The van der Waals surface area contributed by atoms with Gasteiger partial charge in [-0.2, -0.15) is 0 Å². The van der Waals surface area contributed by atoms with Crippen LogP contribution in [0.5, 0.6) is 5.75 Å². The lowest BCUT2D eigenvalue weighted by Crippen LogP contribution is -2.35. The molecule has 1 aliphatic heterocycles. The van der Waals surface area contributed by atoms with Crippen molar-refractivity contribution >= 4 is 5.91 Å². The molecule has 0 aliphatic carbocycles. The Balaban J connectivity index is 1.91. The van der Waals surface area contributed by atoms with Crippen LogP contribution in [0.15, 0.2) is 24.3 Å². The molecule has 0 bridgehead atoms. The highest BCUT2D eigenvalue weighted by Crippen LogP contribution is 2.16. The van der Waals surface area contributed by atoms with E-state index in [2.05, 4.69) is 0 Å². The van der Waals surface area contributed by atoms with Crippen molar-refractivity contribution in [3.63, 3.8) is 0 Å². The van der Waals surface area contributed by atoms with Crippen LogP contribution in [0.1, 0.15) is 29.6 Å². The lowest BCUT2D eigenvalue weighted by molar-refractivity contribution is 0.0724. The van der Waals surface area contributed by atoms with Gasteiger partial charge in [-0.05, 0) is 43.5 Å². The summed E-state index contributed by atoms with van der Waals surface area (Å²) >= 11 is 0. The average Bonchev–Trinajstić information content (AvgIpc) is 2.48. The number of benzene rings is 1. The fraction of sp³-hybridized carbons (Fsp3) is 0.533. The summed E-state index contributed by atoms with van der Waals surface area (Å²) in [5.74, 6) is 0.899. The Hall–Kier alpha value is -1.55. The Morgan fingerprint density at radius 3 is 2.42 bits per heavy atom. The van der Waals surface area contributed by atoms with E-state index in [4.69, 9.17) is 9.47 Å². The van der Waals surface area contributed by atoms with E-state index in [1.807, 2.05) is 29.2 Å². The maximum Gasteiger partial charge on any atom is 0.253 e. The fourth-order valence-corrected chi connectivity index (χ4v) is 2.22. The highest BCUT2D eigenvalue weighted by atomic mass is 16.5. The molecule has 2 rings (SSSR count). The third kappa shape index (κ3) is 3.96. The molecule has 1 saturated heterocycles. The van der Waals surface area contributed by atoms with E-state index in [9.17, 15) is 4.79 Å². The van der Waals surface area contributed by atoms with Crippen LogP contribution in [-0.4, -0.2) is 44.2 Å². The minimum absolute atomic E-state index is 0.128. The molecule has 4 heteroatoms. The summed E-state index contributed by atoms with van der Waals surface area (Å²) in [5.41, 5.74) is 0.737. The van der Waals surface area contributed by atoms with E-state index in [0.717, 1.165) is 37.2 Å². The number of nitrogens with zero attached hydrogens (tertiary/aromatic N) is 1. The van der Waals surface area contributed by atoms with Crippen LogP contribution in [0.25, 0.3) is 0 Å². The smallest absolute Gasteiger partial charge is 0.253 e. The molecule has 0 atom stereocenters. The van der Waals surface area contributed by atoms with E-state index < -0.39 is 0 Å². The first-order valence-corrected chi connectivity index (χ1v) is 6.82. The van der Waals surface area contributed by atoms with Gasteiger partial charge in [-0.25, -0.2) is 0 Å². The van der Waals surface area contributed by atoms with Gasteiger partial charge in [-0.1, -0.05) is 0 Å². The second-order valence-electron chi connectivity index (χ2n) is 4.72. The van der Waals surface area contributed by atoms with Crippen LogP contribution in [0.3, 0.4) is 0 Å². The third-order valence-corrected chi connectivity index (χ3v) is 3.30. The maximum absolute atomic E-state index is 12.2. The Morgan fingerprint density at radius 2 is 1.79 bits per heavy atom. The lowest BCUT2D eigenvalue weighted by atomic mass is 10.1. The topological polar surface area (TPSA) is 38.8 Å². The Bertz CT molecular complexity index is 396. The first kappa shape index (κ1) is 13.9. The van der Waals surface area contributed by atoms with Crippen molar-refractivity contribution in [2.45, 2.75) is 19.3 Å². The van der Waals surface area contributed by atoms with Crippen LogP contribution in [0, 0.1) is 0 Å². The normalized spacial score (nSPS) is 15.3. The highest BCUT2D eigenvalue weighted by molar-refractivity contribution is 5.94. The second kappa shape index (κ2) is 7.14. The number of hydrogen-bond acceptors (Lipinski definition) is 3. The Labute approximate surface area is 114 Å². The second-order valence-corrected chi connectivity index (χ2v) is 4.72. The highest BCUT2D eigenvalue weighted by Gasteiger charge is 2.17. The molecule has 0 radical (unpaired) electrons. The van der Waals surface area contributed by atoms with Gasteiger partial charge >= 0.3 is 0 Å². The molecule has 0 aromatic heterocycles. The van der Waals surface area contributed by atoms with Crippen molar-refractivity contribution in [3.05, 3.63) is 29.8 Å². The van der Waals surface area contributed by atoms with Crippen molar-refractivity contribution < 1.29 is 14.3 Å². The number of carbonyl (C=O) groups excluding carboxylic acids is 1. The van der Waals surface area contributed by atoms with Gasteiger partial charge < -0.3 is 14.4 Å². The first-order chi connectivity index (χ1) is 9.31. The molecule has 1 amide bonds. The molecule has 0 spiro atoms. The molecular formula is C15H21NO3. The molecule has 104 valence electrons. The first-order valence-electron chi connectivity index (χ1n) is 6.82. The maximum atomic E-state index is 12.2. The Kier molecular flexibility index (Phi) is 5.21. The van der Waals surface area contributed by atoms with Crippen LogP contribution in [0.2, 0.25) is 0 Å². The number of carbonyl (C=O) groups is 1. The zero-order chi connectivity index (χ0) is 13.5. The predicted octanol–water partition coefficient (Wildman–Crippen LogP) is 2.34. The minimum Gasteiger partial charge on any atom is -0.491 e. The van der Waals surface area contributed by atoms with Crippen molar-refractivity contribution in [1.29, 1.82) is 0 Å². The van der Waals surface area contributed by atoms with Gasteiger partial charge in [0.1, 0.15) is 12.4 Å². The summed E-state index contributed by atoms with van der Waals surface area (Å²) in [4.78, 5) is 14.2. The molecule has 19 heavy (non-hydrogen) atoms. The zero-order valence-electron chi connectivity index (χ0n) is 11.4. The van der Waals surface area contributed by atoms with Gasteiger partial charge in [0, 0.05) is 25.8 Å². The van der Waals surface area contributed by atoms with Crippen LogP contribution >= 0.6 is 0 Å². The molecule has 1 aromatic carbocycles. The number of amides is 1. The van der Waals surface area contributed by atoms with Crippen molar-refractivity contribution in [2.75, 3.05) is 33.4 Å². The average molecular weight is 263 g/mol. The van der Waals surface area contributed by atoms with Crippen molar-refractivity contribution in [2.24, 2.45) is 0 Å². The van der Waals surface area contributed by atoms with Gasteiger partial charge in [0.15, 0.2) is 0 Å². The molecule has 1 aliphatic rings. The van der Waals surface area contributed by atoms with E-state index in [0.29, 0.717) is 13.2 Å². The molecule has 0 saturated carbocycles. The van der Waals surface area contributed by atoms with Crippen LogP contribution < -0.4 is 4.74 Å². The molecule has 1 fully saturated rings. The number of piperidine rings is 1. The third-order valence-electron chi connectivity index (χ3n) is 3.30. The van der Waals surface area contributed by atoms with Gasteiger partial charge in [-0.15, -0.1) is 0 Å². The summed E-state index contributed by atoms with van der Waals surface area (Å²) in [6.45, 7) is 2.85. The van der Waals surface area contributed by atoms with Crippen molar-refractivity contribution in [1.82, 2.24) is 4.90 Å². The predicted molar refractivity (Wildman–Crippen MR) is 73.6 cm³/mol. The zero-order valence-corrected chi connectivity index (χ0v) is 11.4. The quantitative estimate of drug-likeness (QED) is 0.765. The summed E-state index contributed by atoms with van der Waals surface area (Å²) in [7, 11) is 1.64. The standard InChI is InChI=1S/C15H21NO3/c1-18-11-12-19-14-7-5-13(6-8-14)15(17)16-9-3-2-4-10-16/h5-8H,2-4,9-12H2,1H3. The van der Waals surface area contributed by atoms with Crippen molar-refractivity contribution in [3.8, 4) is 5.75 Å². The molecular weight excluding hydrogens is 242 g/mol. The number of hydrogen-bond donors (Lipinski definition) is 0. The summed E-state index contributed by atoms with van der Waals surface area (Å²) in [5, 5.41) is 0. The van der Waals surface area contributed by atoms with Gasteiger partial charge in [0.25, 0.3) is 5.91 Å². The fourth-order valence-electron chi connectivity index (χ4n) is 2.22. The van der Waals surface area contributed by atoms with Crippen LogP contribution in [0.4, 0.5) is 0 Å². The van der Waals surface area contributed by atoms with Crippen LogP contribution in [-0.2, 0) is 4.74 Å². The molecule has 1 heterocycles. The number of ether oxygens (including phenoxy) is 2. The van der Waals surface area contributed by atoms with E-state index in [-0.39, 0.29) is 5.91 Å². The number of rotatable bonds is 5. The van der Waals surface area contributed by atoms with E-state index >= 15 is 0 Å². The molecule has 0 N–H and O–H groups in total. The summed E-state index contributed by atoms with van der Waals surface area (Å²) < 4.78 is 10.4. The van der Waals surface area contributed by atoms with Gasteiger partial charge in [0.05, 0.1) is 6.61 Å². The lowest BCUT2D eigenvalue weighted by Gasteiger charge is -2.26. The molecule has 4 nitrogen and oxygen atoms in total. The minimum atomic E-state index is 0.128. The SMILES string of the molecule is COCCOc1ccc(C(=O)N2CCCCC2)cc1. The summed E-state index contributed by atoms with van der Waals surface area (Å²) in [6, 6.07) is 7.35. The van der Waals surface area contributed by atoms with Gasteiger partial charge in [0.2, 0.25) is 0 Å². The molecule has 0 unspecified atom stereocenters. The number of methoxy groups -OCH3 is 1. The molecule has 1 aromatic rings. The van der Waals surface area contributed by atoms with E-state index in [1.165, 1.54) is 6.42 Å². The largest absolute Gasteiger partial charge is 0.491 e. The monoisotopic (exact) mass is 263 g/mol. The Morgan fingerprint density at radius 1 is 1.11 bits per heavy atom. The van der Waals surface area contributed by atoms with Gasteiger partial charge in [-0.3, -0.25) is 4.79 Å². The number of likely N-dealkylation sites (tertiary alicyclic amines) is 1.